The quantitative estimate of drug-likeness (QED) is 0.715. The second-order valence-electron chi connectivity index (χ2n) is 3.21. The smallest absolute Gasteiger partial charge is 0.132 e. The minimum atomic E-state index is -0.436. The van der Waals surface area contributed by atoms with Crippen LogP contribution in [0.15, 0.2) is 30.5 Å². The number of rotatable bonds is 1. The van der Waals surface area contributed by atoms with Crippen molar-refractivity contribution in [1.29, 1.82) is 0 Å². The van der Waals surface area contributed by atoms with Crippen LogP contribution in [-0.2, 0) is 0 Å². The summed E-state index contributed by atoms with van der Waals surface area (Å²) in [5.74, 6) is -0.859. The number of hydrogen-bond donors (Lipinski definition) is 1. The Morgan fingerprint density at radius 2 is 1.93 bits per heavy atom. The SMILES string of the molecule is Cc1c[nH]c(-c2cc(F)ccc2F)c1. The Kier molecular flexibility index (Phi) is 2.08. The largest absolute Gasteiger partial charge is 0.361 e. The molecule has 0 bridgehead atoms. The Morgan fingerprint density at radius 3 is 2.57 bits per heavy atom. The van der Waals surface area contributed by atoms with Crippen LogP contribution in [0.5, 0.6) is 0 Å². The summed E-state index contributed by atoms with van der Waals surface area (Å²) in [4.78, 5) is 2.88. The van der Waals surface area contributed by atoms with Crippen LogP contribution in [-0.4, -0.2) is 4.98 Å². The first-order valence-corrected chi connectivity index (χ1v) is 4.27. The zero-order valence-corrected chi connectivity index (χ0v) is 7.64. The highest BCUT2D eigenvalue weighted by molar-refractivity contribution is 5.61. The first-order chi connectivity index (χ1) is 6.66. The zero-order valence-electron chi connectivity index (χ0n) is 7.64. The van der Waals surface area contributed by atoms with Gasteiger partial charge in [0.15, 0.2) is 0 Å². The molecule has 0 radical (unpaired) electrons. The van der Waals surface area contributed by atoms with Crippen molar-refractivity contribution in [3.8, 4) is 11.3 Å². The molecule has 1 heterocycles. The molecule has 0 spiro atoms. The normalized spacial score (nSPS) is 10.5. The second kappa shape index (κ2) is 3.25. The summed E-state index contributed by atoms with van der Waals surface area (Å²) < 4.78 is 26.1. The Balaban J connectivity index is 2.55. The Bertz CT molecular complexity index is 460. The molecule has 1 nitrogen and oxygen atoms in total. The van der Waals surface area contributed by atoms with E-state index in [1.165, 1.54) is 6.07 Å². The van der Waals surface area contributed by atoms with E-state index in [-0.39, 0.29) is 5.56 Å². The van der Waals surface area contributed by atoms with Gasteiger partial charge >= 0.3 is 0 Å². The molecule has 1 aromatic heterocycles. The van der Waals surface area contributed by atoms with Crippen LogP contribution in [0.4, 0.5) is 8.78 Å². The minimum Gasteiger partial charge on any atom is -0.361 e. The molecule has 2 aromatic rings. The maximum atomic E-state index is 13.3. The summed E-state index contributed by atoms with van der Waals surface area (Å²) in [5.41, 5.74) is 1.85. The molecule has 1 N–H and O–H groups in total. The van der Waals surface area contributed by atoms with E-state index in [1.54, 1.807) is 12.3 Å². The number of nitrogens with one attached hydrogen (secondary N) is 1. The van der Waals surface area contributed by atoms with E-state index in [4.69, 9.17) is 0 Å². The average molecular weight is 193 g/mol. The maximum absolute atomic E-state index is 13.3. The van der Waals surface area contributed by atoms with Crippen molar-refractivity contribution in [2.45, 2.75) is 6.92 Å². The van der Waals surface area contributed by atoms with Gasteiger partial charge in [-0.15, -0.1) is 0 Å². The first kappa shape index (κ1) is 8.94. The molecular weight excluding hydrogens is 184 g/mol. The molecule has 0 fully saturated rings. The third kappa shape index (κ3) is 1.53. The van der Waals surface area contributed by atoms with Crippen LogP contribution in [0.3, 0.4) is 0 Å². The molecule has 0 aliphatic carbocycles. The molecular formula is C11H9F2N. The molecule has 0 saturated heterocycles. The van der Waals surface area contributed by atoms with Crippen LogP contribution in [0.25, 0.3) is 11.3 Å². The van der Waals surface area contributed by atoms with Crippen molar-refractivity contribution in [2.75, 3.05) is 0 Å². The van der Waals surface area contributed by atoms with E-state index in [9.17, 15) is 8.78 Å². The summed E-state index contributed by atoms with van der Waals surface area (Å²) in [6.07, 6.45) is 1.75. The van der Waals surface area contributed by atoms with Crippen LogP contribution >= 0.6 is 0 Å². The van der Waals surface area contributed by atoms with E-state index in [1.807, 2.05) is 6.92 Å². The van der Waals surface area contributed by atoms with Gasteiger partial charge in [0.1, 0.15) is 11.6 Å². The van der Waals surface area contributed by atoms with Gasteiger partial charge in [-0.2, -0.15) is 0 Å². The fourth-order valence-corrected chi connectivity index (χ4v) is 1.36. The van der Waals surface area contributed by atoms with Gasteiger partial charge in [-0.05, 0) is 36.8 Å². The summed E-state index contributed by atoms with van der Waals surface area (Å²) in [7, 11) is 0. The number of aromatic nitrogens is 1. The fraction of sp³-hybridized carbons (Fsp3) is 0.0909. The number of aromatic amines is 1. The molecule has 3 heteroatoms. The Labute approximate surface area is 80.4 Å². The van der Waals surface area contributed by atoms with Gasteiger partial charge in [0.2, 0.25) is 0 Å². The lowest BCUT2D eigenvalue weighted by molar-refractivity contribution is 0.603. The van der Waals surface area contributed by atoms with Gasteiger partial charge in [0.05, 0.1) is 0 Å². The van der Waals surface area contributed by atoms with Crippen molar-refractivity contribution in [1.82, 2.24) is 4.98 Å². The lowest BCUT2D eigenvalue weighted by Gasteiger charge is -1.99. The van der Waals surface area contributed by atoms with Crippen LogP contribution in [0.2, 0.25) is 0 Å². The van der Waals surface area contributed by atoms with Crippen molar-refractivity contribution in [2.24, 2.45) is 0 Å². The lowest BCUT2D eigenvalue weighted by atomic mass is 10.1. The molecule has 0 saturated carbocycles. The average Bonchev–Trinajstić information content (AvgIpc) is 2.56. The van der Waals surface area contributed by atoms with E-state index in [0.717, 1.165) is 17.7 Å². The molecule has 2 rings (SSSR count). The molecule has 1 aromatic carbocycles. The number of aryl methyl sites for hydroxylation is 1. The zero-order chi connectivity index (χ0) is 10.1. The predicted octanol–water partition coefficient (Wildman–Crippen LogP) is 3.27. The highest BCUT2D eigenvalue weighted by Gasteiger charge is 2.07. The van der Waals surface area contributed by atoms with Gasteiger partial charge in [0, 0.05) is 17.5 Å². The monoisotopic (exact) mass is 193 g/mol. The predicted molar refractivity (Wildman–Crippen MR) is 50.9 cm³/mol. The van der Waals surface area contributed by atoms with Gasteiger partial charge in [-0.1, -0.05) is 0 Å². The Morgan fingerprint density at radius 1 is 1.14 bits per heavy atom. The topological polar surface area (TPSA) is 15.8 Å². The molecule has 0 aliphatic rings. The third-order valence-electron chi connectivity index (χ3n) is 2.05. The van der Waals surface area contributed by atoms with E-state index in [2.05, 4.69) is 4.98 Å². The summed E-state index contributed by atoms with van der Waals surface area (Å²) in [5, 5.41) is 0. The second-order valence-corrected chi connectivity index (χ2v) is 3.21. The highest BCUT2D eigenvalue weighted by Crippen LogP contribution is 2.22. The third-order valence-corrected chi connectivity index (χ3v) is 2.05. The lowest BCUT2D eigenvalue weighted by Crippen LogP contribution is -1.85. The molecule has 14 heavy (non-hydrogen) atoms. The number of hydrogen-bond acceptors (Lipinski definition) is 0. The number of H-pyrrole nitrogens is 1. The van der Waals surface area contributed by atoms with Crippen LogP contribution < -0.4 is 0 Å². The van der Waals surface area contributed by atoms with E-state index < -0.39 is 11.6 Å². The summed E-state index contributed by atoms with van der Waals surface area (Å²) >= 11 is 0. The molecule has 72 valence electrons. The van der Waals surface area contributed by atoms with Crippen molar-refractivity contribution >= 4 is 0 Å². The van der Waals surface area contributed by atoms with Crippen LogP contribution in [0, 0.1) is 18.6 Å². The van der Waals surface area contributed by atoms with Crippen molar-refractivity contribution in [3.05, 3.63) is 47.7 Å². The maximum Gasteiger partial charge on any atom is 0.132 e. The molecule has 0 aliphatic heterocycles. The van der Waals surface area contributed by atoms with Crippen LogP contribution in [0.1, 0.15) is 5.56 Å². The fourth-order valence-electron chi connectivity index (χ4n) is 1.36. The van der Waals surface area contributed by atoms with Crippen molar-refractivity contribution < 1.29 is 8.78 Å². The van der Waals surface area contributed by atoms with Crippen molar-refractivity contribution in [3.63, 3.8) is 0 Å². The highest BCUT2D eigenvalue weighted by atomic mass is 19.1. The number of halogens is 2. The minimum absolute atomic E-state index is 0.262. The molecule has 0 amide bonds. The number of benzene rings is 1. The Hall–Kier alpha value is -1.64. The summed E-state index contributed by atoms with van der Waals surface area (Å²) in [6, 6.07) is 5.19. The molecule has 0 atom stereocenters. The standard InChI is InChI=1S/C11H9F2N/c1-7-4-11(14-6-7)9-5-8(12)2-3-10(9)13/h2-6,14H,1H3. The summed E-state index contributed by atoms with van der Waals surface area (Å²) in [6.45, 7) is 1.89. The molecule has 0 unspecified atom stereocenters. The van der Waals surface area contributed by atoms with E-state index in [0.29, 0.717) is 5.69 Å². The van der Waals surface area contributed by atoms with Gasteiger partial charge in [-0.25, -0.2) is 8.78 Å². The van der Waals surface area contributed by atoms with Gasteiger partial charge < -0.3 is 4.98 Å². The van der Waals surface area contributed by atoms with Gasteiger partial charge in [-0.3, -0.25) is 0 Å². The first-order valence-electron chi connectivity index (χ1n) is 4.27. The van der Waals surface area contributed by atoms with Gasteiger partial charge in [0.25, 0.3) is 0 Å². The van der Waals surface area contributed by atoms with E-state index >= 15 is 0 Å².